The Bertz CT molecular complexity index is 334. The number of rotatable bonds is 2. The summed E-state index contributed by atoms with van der Waals surface area (Å²) in [5.41, 5.74) is 0. The van der Waals surface area contributed by atoms with Gasteiger partial charge in [0, 0.05) is 19.1 Å². The molecule has 0 aromatic heterocycles. The summed E-state index contributed by atoms with van der Waals surface area (Å²) >= 11 is 0. The van der Waals surface area contributed by atoms with Crippen LogP contribution in [-0.2, 0) is 9.53 Å². The van der Waals surface area contributed by atoms with Crippen molar-refractivity contribution in [3.05, 3.63) is 0 Å². The molecule has 0 aromatic carbocycles. The summed E-state index contributed by atoms with van der Waals surface area (Å²) in [6.45, 7) is 3.71. The van der Waals surface area contributed by atoms with Crippen LogP contribution in [0.15, 0.2) is 0 Å². The lowest BCUT2D eigenvalue weighted by molar-refractivity contribution is -0.141. The number of hydrogen-bond donors (Lipinski definition) is 2. The standard InChI is InChI=1S/C12H20N2O4/c1-8-7-14(4-5-18-8)12(17)13-10-3-2-9(6-10)11(15)16/h8-10H,2-7H2,1H3,(H,13,17)(H,15,16). The summed E-state index contributed by atoms with van der Waals surface area (Å²) in [5.74, 6) is -1.06. The monoisotopic (exact) mass is 256 g/mol. The minimum absolute atomic E-state index is 0.00301. The first-order valence-corrected chi connectivity index (χ1v) is 6.46. The predicted octanol–water partition coefficient (Wildman–Crippen LogP) is 0.670. The molecule has 2 N–H and O–H groups in total. The molecule has 3 unspecified atom stereocenters. The van der Waals surface area contributed by atoms with Gasteiger partial charge in [-0.15, -0.1) is 0 Å². The summed E-state index contributed by atoms with van der Waals surface area (Å²) in [6, 6.07) is -0.0991. The molecule has 6 nitrogen and oxygen atoms in total. The maximum absolute atomic E-state index is 12.0. The summed E-state index contributed by atoms with van der Waals surface area (Å²) in [7, 11) is 0. The van der Waals surface area contributed by atoms with Crippen LogP contribution >= 0.6 is 0 Å². The molecule has 0 bridgehead atoms. The molecule has 0 radical (unpaired) electrons. The second-order valence-electron chi connectivity index (χ2n) is 5.12. The van der Waals surface area contributed by atoms with Gasteiger partial charge in [0.1, 0.15) is 0 Å². The highest BCUT2D eigenvalue weighted by Crippen LogP contribution is 2.25. The Balaban J connectivity index is 1.79. The third-order valence-electron chi connectivity index (χ3n) is 3.64. The van der Waals surface area contributed by atoms with E-state index in [0.717, 1.165) is 6.42 Å². The van der Waals surface area contributed by atoms with Gasteiger partial charge >= 0.3 is 12.0 Å². The molecule has 3 atom stereocenters. The zero-order chi connectivity index (χ0) is 13.1. The van der Waals surface area contributed by atoms with Crippen LogP contribution in [0.4, 0.5) is 4.79 Å². The molecule has 2 rings (SSSR count). The fourth-order valence-corrected chi connectivity index (χ4v) is 2.61. The molecule has 102 valence electrons. The highest BCUT2D eigenvalue weighted by Gasteiger charge is 2.32. The van der Waals surface area contributed by atoms with E-state index < -0.39 is 5.97 Å². The maximum atomic E-state index is 12.0. The quantitative estimate of drug-likeness (QED) is 0.761. The SMILES string of the molecule is CC1CN(C(=O)NC2CCC(C(=O)O)C2)CCO1. The lowest BCUT2D eigenvalue weighted by atomic mass is 10.1. The molecule has 18 heavy (non-hydrogen) atoms. The van der Waals surface area contributed by atoms with Crippen molar-refractivity contribution in [1.29, 1.82) is 0 Å². The number of urea groups is 1. The third kappa shape index (κ3) is 3.13. The molecule has 6 heteroatoms. The van der Waals surface area contributed by atoms with Crippen molar-refractivity contribution in [2.45, 2.75) is 38.3 Å². The zero-order valence-corrected chi connectivity index (χ0v) is 10.6. The van der Waals surface area contributed by atoms with E-state index in [1.807, 2.05) is 6.92 Å². The predicted molar refractivity (Wildman–Crippen MR) is 64.3 cm³/mol. The van der Waals surface area contributed by atoms with Crippen molar-refractivity contribution in [1.82, 2.24) is 10.2 Å². The van der Waals surface area contributed by atoms with Crippen LogP contribution in [0.1, 0.15) is 26.2 Å². The number of carboxylic acid groups (broad SMARTS) is 1. The fraction of sp³-hybridized carbons (Fsp3) is 0.833. The summed E-state index contributed by atoms with van der Waals surface area (Å²) in [4.78, 5) is 24.6. The number of carbonyl (C=O) groups is 2. The molecule has 0 aromatic rings. The molecular weight excluding hydrogens is 236 g/mol. The van der Waals surface area contributed by atoms with E-state index in [-0.39, 0.29) is 24.1 Å². The molecule has 2 fully saturated rings. The number of aliphatic carboxylic acids is 1. The summed E-state index contributed by atoms with van der Waals surface area (Å²) in [6.07, 6.45) is 2.02. The minimum Gasteiger partial charge on any atom is -0.481 e. The molecule has 2 aliphatic rings. The Morgan fingerprint density at radius 3 is 2.78 bits per heavy atom. The molecule has 2 amide bonds. The van der Waals surface area contributed by atoms with Crippen molar-refractivity contribution >= 4 is 12.0 Å². The van der Waals surface area contributed by atoms with Gasteiger partial charge in [-0.1, -0.05) is 0 Å². The van der Waals surface area contributed by atoms with Gasteiger partial charge < -0.3 is 20.1 Å². The number of carboxylic acids is 1. The van der Waals surface area contributed by atoms with Crippen molar-refractivity contribution in [2.24, 2.45) is 5.92 Å². The number of carbonyl (C=O) groups excluding carboxylic acids is 1. The number of morpholine rings is 1. The van der Waals surface area contributed by atoms with Gasteiger partial charge in [-0.3, -0.25) is 4.79 Å². The van der Waals surface area contributed by atoms with Crippen LogP contribution in [-0.4, -0.2) is 53.8 Å². The smallest absolute Gasteiger partial charge is 0.317 e. The van der Waals surface area contributed by atoms with Gasteiger partial charge in [-0.05, 0) is 26.2 Å². The first-order valence-electron chi connectivity index (χ1n) is 6.46. The maximum Gasteiger partial charge on any atom is 0.317 e. The van der Waals surface area contributed by atoms with E-state index in [2.05, 4.69) is 5.32 Å². The van der Waals surface area contributed by atoms with Crippen LogP contribution in [0.3, 0.4) is 0 Å². The van der Waals surface area contributed by atoms with Crippen LogP contribution in [0.5, 0.6) is 0 Å². The van der Waals surface area contributed by atoms with Gasteiger partial charge in [0.2, 0.25) is 0 Å². The first kappa shape index (κ1) is 13.1. The van der Waals surface area contributed by atoms with E-state index in [1.165, 1.54) is 0 Å². The van der Waals surface area contributed by atoms with E-state index >= 15 is 0 Å². The van der Waals surface area contributed by atoms with E-state index in [9.17, 15) is 9.59 Å². The van der Waals surface area contributed by atoms with Crippen molar-refractivity contribution in [3.8, 4) is 0 Å². The number of hydrogen-bond acceptors (Lipinski definition) is 3. The average Bonchev–Trinajstić information content (AvgIpc) is 2.77. The Hall–Kier alpha value is -1.30. The molecular formula is C12H20N2O4. The normalized spacial score (nSPS) is 32.3. The Labute approximate surface area is 106 Å². The van der Waals surface area contributed by atoms with E-state index in [1.54, 1.807) is 4.90 Å². The highest BCUT2D eigenvalue weighted by atomic mass is 16.5. The summed E-state index contributed by atoms with van der Waals surface area (Å²) < 4.78 is 5.38. The second-order valence-corrected chi connectivity index (χ2v) is 5.12. The lowest BCUT2D eigenvalue weighted by Crippen LogP contribution is -2.50. The molecule has 1 aliphatic heterocycles. The Morgan fingerprint density at radius 1 is 1.39 bits per heavy atom. The number of amides is 2. The van der Waals surface area contributed by atoms with Crippen molar-refractivity contribution < 1.29 is 19.4 Å². The van der Waals surface area contributed by atoms with E-state index in [4.69, 9.17) is 9.84 Å². The van der Waals surface area contributed by atoms with Crippen molar-refractivity contribution in [2.75, 3.05) is 19.7 Å². The van der Waals surface area contributed by atoms with Gasteiger partial charge in [0.05, 0.1) is 18.6 Å². The van der Waals surface area contributed by atoms with Crippen LogP contribution in [0, 0.1) is 5.92 Å². The van der Waals surface area contributed by atoms with Gasteiger partial charge in [0.15, 0.2) is 0 Å². The second kappa shape index (κ2) is 5.56. The minimum atomic E-state index is -0.758. The zero-order valence-electron chi connectivity index (χ0n) is 10.6. The molecule has 1 aliphatic carbocycles. The topological polar surface area (TPSA) is 78.9 Å². The van der Waals surface area contributed by atoms with Crippen LogP contribution in [0.25, 0.3) is 0 Å². The molecule has 0 spiro atoms. The largest absolute Gasteiger partial charge is 0.481 e. The molecule has 1 saturated carbocycles. The average molecular weight is 256 g/mol. The van der Waals surface area contributed by atoms with Gasteiger partial charge in [-0.25, -0.2) is 4.79 Å². The van der Waals surface area contributed by atoms with Gasteiger partial charge in [0.25, 0.3) is 0 Å². The number of nitrogens with zero attached hydrogens (tertiary/aromatic N) is 1. The van der Waals surface area contributed by atoms with Crippen LogP contribution in [0.2, 0.25) is 0 Å². The third-order valence-corrected chi connectivity index (χ3v) is 3.64. The summed E-state index contributed by atoms with van der Waals surface area (Å²) in [5, 5.41) is 11.8. The number of ether oxygens (including phenoxy) is 1. The highest BCUT2D eigenvalue weighted by molar-refractivity contribution is 5.75. The lowest BCUT2D eigenvalue weighted by Gasteiger charge is -2.32. The van der Waals surface area contributed by atoms with Crippen LogP contribution < -0.4 is 5.32 Å². The van der Waals surface area contributed by atoms with E-state index in [0.29, 0.717) is 32.5 Å². The van der Waals surface area contributed by atoms with Crippen molar-refractivity contribution in [3.63, 3.8) is 0 Å². The Morgan fingerprint density at radius 2 is 2.17 bits per heavy atom. The number of nitrogens with one attached hydrogen (secondary N) is 1. The fourth-order valence-electron chi connectivity index (χ4n) is 2.61. The molecule has 1 heterocycles. The van der Waals surface area contributed by atoms with Gasteiger partial charge in [-0.2, -0.15) is 0 Å². The molecule has 1 saturated heterocycles. The Kier molecular flexibility index (Phi) is 4.06. The first-order chi connectivity index (χ1) is 8.56.